The normalized spacial score (nSPS) is 22.7. The van der Waals surface area contributed by atoms with Gasteiger partial charge in [0.1, 0.15) is 11.5 Å². The van der Waals surface area contributed by atoms with Crippen LogP contribution in [-0.2, 0) is 11.2 Å². The van der Waals surface area contributed by atoms with E-state index in [1.807, 2.05) is 6.92 Å². The first-order chi connectivity index (χ1) is 8.35. The van der Waals surface area contributed by atoms with Crippen molar-refractivity contribution in [3.63, 3.8) is 0 Å². The summed E-state index contributed by atoms with van der Waals surface area (Å²) in [5.74, 6) is 0.479. The van der Waals surface area contributed by atoms with Crippen LogP contribution in [0.25, 0.3) is 0 Å². The number of alkyl halides is 3. The number of hydrogen-bond acceptors (Lipinski definition) is 2. The minimum atomic E-state index is -4.68. The molecule has 0 spiro atoms. The number of carbonyl (C=O) groups is 1. The molecule has 0 bridgehead atoms. The fraction of sp³-hybridized carbons (Fsp3) is 0.462. The first-order valence-corrected chi connectivity index (χ1v) is 5.72. The number of halogens is 3. The number of Topliss-reactive ketones (excluding diaryl/α,β-unsaturated/α-hetero) is 1. The van der Waals surface area contributed by atoms with Gasteiger partial charge in [-0.15, -0.1) is 13.2 Å². The smallest absolute Gasteiger partial charge is 0.406 e. The van der Waals surface area contributed by atoms with E-state index in [4.69, 9.17) is 0 Å². The summed E-state index contributed by atoms with van der Waals surface area (Å²) in [7, 11) is 0. The Bertz CT molecular complexity index is 437. The van der Waals surface area contributed by atoms with Crippen LogP contribution in [0.15, 0.2) is 24.3 Å². The molecule has 2 nitrogen and oxygen atoms in total. The highest BCUT2D eigenvalue weighted by molar-refractivity contribution is 5.85. The van der Waals surface area contributed by atoms with Crippen LogP contribution in [0.5, 0.6) is 5.75 Å². The van der Waals surface area contributed by atoms with Gasteiger partial charge in [0.05, 0.1) is 0 Å². The lowest BCUT2D eigenvalue weighted by Gasteiger charge is -2.09. The summed E-state index contributed by atoms with van der Waals surface area (Å²) < 4.78 is 39.6. The van der Waals surface area contributed by atoms with E-state index in [-0.39, 0.29) is 23.9 Å². The van der Waals surface area contributed by atoms with Gasteiger partial charge in [-0.3, -0.25) is 4.79 Å². The SMILES string of the molecule is CC1CC1C(=O)Cc1ccc(OC(F)(F)F)cc1. The zero-order valence-corrected chi connectivity index (χ0v) is 9.83. The Morgan fingerprint density at radius 3 is 2.33 bits per heavy atom. The molecule has 98 valence electrons. The molecule has 0 amide bonds. The molecule has 18 heavy (non-hydrogen) atoms. The fourth-order valence-electron chi connectivity index (χ4n) is 1.91. The van der Waals surface area contributed by atoms with Crippen LogP contribution in [0.3, 0.4) is 0 Å². The summed E-state index contributed by atoms with van der Waals surface area (Å²) in [5.41, 5.74) is 0.716. The summed E-state index contributed by atoms with van der Waals surface area (Å²) in [6.45, 7) is 2.02. The van der Waals surface area contributed by atoms with Crippen LogP contribution in [-0.4, -0.2) is 12.1 Å². The molecule has 1 aliphatic carbocycles. The molecule has 1 aromatic rings. The van der Waals surface area contributed by atoms with Crippen molar-refractivity contribution in [3.8, 4) is 5.75 Å². The third kappa shape index (κ3) is 3.48. The van der Waals surface area contributed by atoms with Crippen molar-refractivity contribution in [1.82, 2.24) is 0 Å². The molecule has 2 rings (SSSR count). The zero-order valence-electron chi connectivity index (χ0n) is 9.83. The van der Waals surface area contributed by atoms with E-state index in [1.54, 1.807) is 0 Å². The molecule has 0 radical (unpaired) electrons. The van der Waals surface area contributed by atoms with Crippen molar-refractivity contribution >= 4 is 5.78 Å². The highest BCUT2D eigenvalue weighted by Crippen LogP contribution is 2.39. The number of carbonyl (C=O) groups excluding carboxylic acids is 1. The number of ether oxygens (including phenoxy) is 1. The van der Waals surface area contributed by atoms with Gasteiger partial charge < -0.3 is 4.74 Å². The Balaban J connectivity index is 1.93. The fourth-order valence-corrected chi connectivity index (χ4v) is 1.91. The van der Waals surface area contributed by atoms with Crippen molar-refractivity contribution < 1.29 is 22.7 Å². The predicted octanol–water partition coefficient (Wildman–Crippen LogP) is 3.35. The molecule has 2 unspecified atom stereocenters. The summed E-state index contributed by atoms with van der Waals surface area (Å²) in [6, 6.07) is 5.44. The molecule has 1 fully saturated rings. The molecule has 0 N–H and O–H groups in total. The molecule has 0 saturated heterocycles. The summed E-state index contributed by atoms with van der Waals surface area (Å²) >= 11 is 0. The predicted molar refractivity (Wildman–Crippen MR) is 59.1 cm³/mol. The van der Waals surface area contributed by atoms with Gasteiger partial charge in [0, 0.05) is 12.3 Å². The number of hydrogen-bond donors (Lipinski definition) is 0. The Morgan fingerprint density at radius 2 is 1.89 bits per heavy atom. The van der Waals surface area contributed by atoms with E-state index in [1.165, 1.54) is 24.3 Å². The average Bonchev–Trinajstić information content (AvgIpc) is 2.96. The quantitative estimate of drug-likeness (QED) is 0.827. The standard InChI is InChI=1S/C13H13F3O2/c1-8-6-11(8)12(17)7-9-2-4-10(5-3-9)18-13(14,15)16/h2-5,8,11H,6-7H2,1H3. The lowest BCUT2D eigenvalue weighted by Crippen LogP contribution is -2.17. The second-order valence-corrected chi connectivity index (χ2v) is 4.65. The maximum absolute atomic E-state index is 11.9. The van der Waals surface area contributed by atoms with Crippen LogP contribution < -0.4 is 4.74 Å². The van der Waals surface area contributed by atoms with E-state index in [2.05, 4.69) is 4.74 Å². The molecular formula is C13H13F3O2. The number of rotatable bonds is 4. The lowest BCUT2D eigenvalue weighted by atomic mass is 10.1. The highest BCUT2D eigenvalue weighted by atomic mass is 19.4. The molecule has 5 heteroatoms. The van der Waals surface area contributed by atoms with Crippen LogP contribution in [0, 0.1) is 11.8 Å². The van der Waals surface area contributed by atoms with Crippen molar-refractivity contribution in [2.45, 2.75) is 26.1 Å². The Labute approximate surface area is 103 Å². The van der Waals surface area contributed by atoms with E-state index < -0.39 is 6.36 Å². The molecular weight excluding hydrogens is 245 g/mol. The molecule has 2 atom stereocenters. The maximum atomic E-state index is 11.9. The summed E-state index contributed by atoms with van der Waals surface area (Å²) in [5, 5.41) is 0. The Kier molecular flexibility index (Phi) is 3.32. The minimum Gasteiger partial charge on any atom is -0.406 e. The first-order valence-electron chi connectivity index (χ1n) is 5.72. The number of benzene rings is 1. The molecule has 1 aromatic carbocycles. The van der Waals surface area contributed by atoms with Crippen LogP contribution in [0.4, 0.5) is 13.2 Å². The monoisotopic (exact) mass is 258 g/mol. The van der Waals surface area contributed by atoms with Crippen LogP contribution in [0.1, 0.15) is 18.9 Å². The molecule has 1 aliphatic rings. The van der Waals surface area contributed by atoms with Crippen LogP contribution in [0.2, 0.25) is 0 Å². The van der Waals surface area contributed by atoms with Gasteiger partial charge in [0.2, 0.25) is 0 Å². The van der Waals surface area contributed by atoms with Crippen LogP contribution >= 0.6 is 0 Å². The third-order valence-electron chi connectivity index (χ3n) is 3.06. The van der Waals surface area contributed by atoms with Gasteiger partial charge in [-0.2, -0.15) is 0 Å². The Hall–Kier alpha value is -1.52. The van der Waals surface area contributed by atoms with Gasteiger partial charge in [-0.1, -0.05) is 19.1 Å². The molecule has 0 aromatic heterocycles. The van der Waals surface area contributed by atoms with E-state index in [0.717, 1.165) is 6.42 Å². The molecule has 0 heterocycles. The highest BCUT2D eigenvalue weighted by Gasteiger charge is 2.38. The van der Waals surface area contributed by atoms with Crippen molar-refractivity contribution in [2.24, 2.45) is 11.8 Å². The third-order valence-corrected chi connectivity index (χ3v) is 3.06. The van der Waals surface area contributed by atoms with Gasteiger partial charge in [-0.05, 0) is 30.0 Å². The topological polar surface area (TPSA) is 26.3 Å². The van der Waals surface area contributed by atoms with Gasteiger partial charge in [-0.25, -0.2) is 0 Å². The van der Waals surface area contributed by atoms with Crippen molar-refractivity contribution in [3.05, 3.63) is 29.8 Å². The van der Waals surface area contributed by atoms with Gasteiger partial charge in [0.15, 0.2) is 0 Å². The zero-order chi connectivity index (χ0) is 13.3. The number of ketones is 1. The maximum Gasteiger partial charge on any atom is 0.573 e. The average molecular weight is 258 g/mol. The summed E-state index contributed by atoms with van der Waals surface area (Å²) in [6.07, 6.45) is -3.48. The molecule has 0 aliphatic heterocycles. The van der Waals surface area contributed by atoms with Crippen molar-refractivity contribution in [1.29, 1.82) is 0 Å². The second-order valence-electron chi connectivity index (χ2n) is 4.65. The van der Waals surface area contributed by atoms with E-state index in [0.29, 0.717) is 11.5 Å². The van der Waals surface area contributed by atoms with Gasteiger partial charge >= 0.3 is 6.36 Å². The second kappa shape index (κ2) is 4.63. The first kappa shape index (κ1) is 12.9. The largest absolute Gasteiger partial charge is 0.573 e. The van der Waals surface area contributed by atoms with Gasteiger partial charge in [0.25, 0.3) is 0 Å². The lowest BCUT2D eigenvalue weighted by molar-refractivity contribution is -0.274. The summed E-state index contributed by atoms with van der Waals surface area (Å²) in [4.78, 5) is 11.7. The van der Waals surface area contributed by atoms with E-state index in [9.17, 15) is 18.0 Å². The van der Waals surface area contributed by atoms with E-state index >= 15 is 0 Å². The molecule has 1 saturated carbocycles. The van der Waals surface area contributed by atoms with Crippen molar-refractivity contribution in [2.75, 3.05) is 0 Å². The Morgan fingerprint density at radius 1 is 1.33 bits per heavy atom. The minimum absolute atomic E-state index is 0.135.